The number of carbonyl (C=O) groups is 3. The molecule has 6 nitrogen and oxygen atoms in total. The van der Waals surface area contributed by atoms with Crippen molar-refractivity contribution in [2.24, 2.45) is 0 Å². The predicted molar refractivity (Wildman–Crippen MR) is 76.6 cm³/mol. The lowest BCUT2D eigenvalue weighted by Crippen LogP contribution is -2.27. The van der Waals surface area contributed by atoms with Gasteiger partial charge < -0.3 is 14.6 Å². The molecule has 0 spiro atoms. The predicted octanol–water partition coefficient (Wildman–Crippen LogP) is 2.24. The molecule has 6 heteroatoms. The van der Waals surface area contributed by atoms with Gasteiger partial charge in [0, 0.05) is 18.2 Å². The molecule has 0 atom stereocenters. The van der Waals surface area contributed by atoms with Crippen LogP contribution in [0.5, 0.6) is 0 Å². The van der Waals surface area contributed by atoms with Crippen LogP contribution in [0.15, 0.2) is 24.8 Å². The third-order valence-electron chi connectivity index (χ3n) is 2.57. The number of unbranched alkanes of at least 4 members (excludes halogenated alkanes) is 2. The Kier molecular flexibility index (Phi) is 8.76. The normalized spacial score (nSPS) is 11.1. The largest absolute Gasteiger partial charge is 0.478 e. The molecule has 0 saturated heterocycles. The highest BCUT2D eigenvalue weighted by Gasteiger charge is 2.21. The van der Waals surface area contributed by atoms with Gasteiger partial charge in [-0.05, 0) is 39.5 Å². The van der Waals surface area contributed by atoms with Crippen LogP contribution < -0.4 is 0 Å². The van der Waals surface area contributed by atoms with Crippen molar-refractivity contribution < 1.29 is 29.0 Å². The van der Waals surface area contributed by atoms with E-state index < -0.39 is 23.5 Å². The minimum absolute atomic E-state index is 0.340. The van der Waals surface area contributed by atoms with E-state index in [1.807, 2.05) is 0 Å². The van der Waals surface area contributed by atoms with E-state index in [2.05, 4.69) is 6.58 Å². The summed E-state index contributed by atoms with van der Waals surface area (Å²) in [5.41, 5.74) is -0.669. The third-order valence-corrected chi connectivity index (χ3v) is 2.57. The summed E-state index contributed by atoms with van der Waals surface area (Å²) in [4.78, 5) is 32.4. The summed E-state index contributed by atoms with van der Waals surface area (Å²) in [7, 11) is 0. The first-order valence-electron chi connectivity index (χ1n) is 6.70. The molecule has 0 aromatic carbocycles. The van der Waals surface area contributed by atoms with E-state index in [1.165, 1.54) is 0 Å². The third kappa shape index (κ3) is 11.4. The Bertz CT molecular complexity index is 408. The number of carbonyl (C=O) groups excluding carboxylic acids is 2. The molecule has 0 aliphatic heterocycles. The lowest BCUT2D eigenvalue weighted by atomic mass is 10.0. The molecule has 0 aromatic rings. The quantitative estimate of drug-likeness (QED) is 0.378. The monoisotopic (exact) mass is 298 g/mol. The molecular weight excluding hydrogens is 276 g/mol. The lowest BCUT2D eigenvalue weighted by Gasteiger charge is -2.24. The van der Waals surface area contributed by atoms with Gasteiger partial charge in [0.25, 0.3) is 0 Å². The minimum atomic E-state index is -1.20. The smallest absolute Gasteiger partial charge is 0.331 e. The number of esters is 2. The van der Waals surface area contributed by atoms with Gasteiger partial charge in [-0.1, -0.05) is 6.58 Å². The molecule has 0 bridgehead atoms. The second-order valence-corrected chi connectivity index (χ2v) is 5.03. The standard InChI is InChI=1S/C15H22O6/c1-4-13(18)20-11-7-5-6-10-15(2,3)21-14(19)9-8-12(16)17/h4,8-9H,1,5-7,10-11H2,2-3H3,(H,16,17). The van der Waals surface area contributed by atoms with Gasteiger partial charge in [0.1, 0.15) is 5.60 Å². The van der Waals surface area contributed by atoms with Crippen LogP contribution in [-0.4, -0.2) is 35.2 Å². The van der Waals surface area contributed by atoms with E-state index in [4.69, 9.17) is 14.6 Å². The van der Waals surface area contributed by atoms with Gasteiger partial charge in [-0.3, -0.25) is 0 Å². The van der Waals surface area contributed by atoms with Crippen LogP contribution in [0.1, 0.15) is 39.5 Å². The maximum Gasteiger partial charge on any atom is 0.331 e. The SMILES string of the molecule is C=CC(=O)OCCCCCC(C)(C)OC(=O)C=CC(=O)O. The Hall–Kier alpha value is -2.11. The fraction of sp³-hybridized carbons (Fsp3) is 0.533. The highest BCUT2D eigenvalue weighted by molar-refractivity contribution is 5.90. The van der Waals surface area contributed by atoms with Crippen molar-refractivity contribution in [2.45, 2.75) is 45.1 Å². The van der Waals surface area contributed by atoms with Crippen LogP contribution in [0.3, 0.4) is 0 Å². The Balaban J connectivity index is 3.87. The van der Waals surface area contributed by atoms with Crippen molar-refractivity contribution in [2.75, 3.05) is 6.61 Å². The summed E-state index contributed by atoms with van der Waals surface area (Å²) in [5, 5.41) is 8.40. The van der Waals surface area contributed by atoms with Crippen molar-refractivity contribution in [1.82, 2.24) is 0 Å². The van der Waals surface area contributed by atoms with Gasteiger partial charge in [-0.2, -0.15) is 0 Å². The first-order chi connectivity index (χ1) is 9.76. The molecule has 0 amide bonds. The van der Waals surface area contributed by atoms with Crippen molar-refractivity contribution in [3.63, 3.8) is 0 Å². The van der Waals surface area contributed by atoms with Gasteiger partial charge >= 0.3 is 17.9 Å². The summed E-state index contributed by atoms with van der Waals surface area (Å²) in [6, 6.07) is 0. The Morgan fingerprint density at radius 3 is 2.33 bits per heavy atom. The van der Waals surface area contributed by atoms with Crippen LogP contribution in [0.4, 0.5) is 0 Å². The molecule has 0 unspecified atom stereocenters. The Labute approximate surface area is 124 Å². The summed E-state index contributed by atoms with van der Waals surface area (Å²) < 4.78 is 10.00. The first kappa shape index (κ1) is 18.9. The van der Waals surface area contributed by atoms with E-state index in [0.717, 1.165) is 37.5 Å². The number of hydrogen-bond donors (Lipinski definition) is 1. The van der Waals surface area contributed by atoms with E-state index >= 15 is 0 Å². The molecule has 1 N–H and O–H groups in total. The molecule has 0 radical (unpaired) electrons. The van der Waals surface area contributed by atoms with Crippen LogP contribution >= 0.6 is 0 Å². The molecule has 0 aromatic heterocycles. The molecule has 0 heterocycles. The average molecular weight is 298 g/mol. The highest BCUT2D eigenvalue weighted by atomic mass is 16.6. The molecular formula is C15H22O6. The molecule has 0 saturated carbocycles. The van der Waals surface area contributed by atoms with E-state index in [9.17, 15) is 14.4 Å². The summed E-state index contributed by atoms with van der Waals surface area (Å²) >= 11 is 0. The second kappa shape index (κ2) is 9.74. The fourth-order valence-electron chi connectivity index (χ4n) is 1.56. The zero-order valence-electron chi connectivity index (χ0n) is 12.5. The molecule has 0 rings (SSSR count). The van der Waals surface area contributed by atoms with Gasteiger partial charge in [-0.15, -0.1) is 0 Å². The van der Waals surface area contributed by atoms with Gasteiger partial charge in [0.2, 0.25) is 0 Å². The summed E-state index contributed by atoms with van der Waals surface area (Å²) in [6.07, 6.45) is 5.74. The minimum Gasteiger partial charge on any atom is -0.478 e. The number of carboxylic acids is 1. The number of rotatable bonds is 10. The highest BCUT2D eigenvalue weighted by Crippen LogP contribution is 2.19. The van der Waals surface area contributed by atoms with Gasteiger partial charge in [0.15, 0.2) is 0 Å². The maximum absolute atomic E-state index is 11.4. The second-order valence-electron chi connectivity index (χ2n) is 5.03. The zero-order chi connectivity index (χ0) is 16.3. The van der Waals surface area contributed by atoms with Gasteiger partial charge in [0.05, 0.1) is 6.61 Å². The van der Waals surface area contributed by atoms with E-state index in [1.54, 1.807) is 13.8 Å². The first-order valence-corrected chi connectivity index (χ1v) is 6.70. The number of aliphatic carboxylic acids is 1. The number of hydrogen-bond acceptors (Lipinski definition) is 5. The van der Waals surface area contributed by atoms with Gasteiger partial charge in [-0.25, -0.2) is 14.4 Å². The Morgan fingerprint density at radius 2 is 1.76 bits per heavy atom. The topological polar surface area (TPSA) is 89.9 Å². The molecule has 0 aliphatic carbocycles. The molecule has 0 fully saturated rings. The molecule has 21 heavy (non-hydrogen) atoms. The van der Waals surface area contributed by atoms with Crippen molar-refractivity contribution >= 4 is 17.9 Å². The van der Waals surface area contributed by atoms with E-state index in [-0.39, 0.29) is 0 Å². The van der Waals surface area contributed by atoms with E-state index in [0.29, 0.717) is 13.0 Å². The van der Waals surface area contributed by atoms with Crippen molar-refractivity contribution in [3.8, 4) is 0 Å². The van der Waals surface area contributed by atoms with Crippen LogP contribution in [-0.2, 0) is 23.9 Å². The maximum atomic E-state index is 11.4. The van der Waals surface area contributed by atoms with Crippen LogP contribution in [0, 0.1) is 0 Å². The fourth-order valence-corrected chi connectivity index (χ4v) is 1.56. The molecule has 0 aliphatic rings. The van der Waals surface area contributed by atoms with Crippen molar-refractivity contribution in [1.29, 1.82) is 0 Å². The Morgan fingerprint density at radius 1 is 1.10 bits per heavy atom. The summed E-state index contributed by atoms with van der Waals surface area (Å²) in [5.74, 6) is -2.31. The van der Waals surface area contributed by atoms with Crippen LogP contribution in [0.2, 0.25) is 0 Å². The number of carboxylic acid groups (broad SMARTS) is 1. The zero-order valence-corrected chi connectivity index (χ0v) is 12.5. The summed E-state index contributed by atoms with van der Waals surface area (Å²) in [6.45, 7) is 7.16. The molecule has 118 valence electrons. The van der Waals surface area contributed by atoms with Crippen molar-refractivity contribution in [3.05, 3.63) is 24.8 Å². The lowest BCUT2D eigenvalue weighted by molar-refractivity contribution is -0.151. The average Bonchev–Trinajstić information content (AvgIpc) is 2.39. The van der Waals surface area contributed by atoms with Crippen LogP contribution in [0.25, 0.3) is 0 Å². The number of ether oxygens (including phenoxy) is 2.